The number of fused-ring (bicyclic) bond motifs is 1. The molecule has 1 aliphatic rings. The van der Waals surface area contributed by atoms with E-state index in [4.69, 9.17) is 4.42 Å². The third kappa shape index (κ3) is 5.14. The van der Waals surface area contributed by atoms with Gasteiger partial charge in [-0.15, -0.1) is 11.8 Å². The van der Waals surface area contributed by atoms with E-state index in [9.17, 15) is 18.0 Å². The van der Waals surface area contributed by atoms with Crippen LogP contribution in [0.25, 0.3) is 0 Å². The van der Waals surface area contributed by atoms with E-state index in [0.717, 1.165) is 10.7 Å². The van der Waals surface area contributed by atoms with E-state index in [1.54, 1.807) is 25.1 Å². The molecular weight excluding hydrogens is 388 g/mol. The van der Waals surface area contributed by atoms with Crippen LogP contribution < -0.4 is 10.6 Å². The van der Waals surface area contributed by atoms with Crippen LogP contribution in [0.3, 0.4) is 0 Å². The summed E-state index contributed by atoms with van der Waals surface area (Å²) in [4.78, 5) is 24.6. The highest BCUT2D eigenvalue weighted by Crippen LogP contribution is 2.32. The Labute approximate surface area is 161 Å². The van der Waals surface area contributed by atoms with Crippen molar-refractivity contribution >= 4 is 39.1 Å². The summed E-state index contributed by atoms with van der Waals surface area (Å²) in [6, 6.07) is 8.22. The largest absolute Gasteiger partial charge is 0.465 e. The second kappa shape index (κ2) is 8.18. The van der Waals surface area contributed by atoms with Crippen molar-refractivity contribution in [3.05, 3.63) is 41.9 Å². The predicted molar refractivity (Wildman–Crippen MR) is 102 cm³/mol. The molecule has 0 fully saturated rings. The van der Waals surface area contributed by atoms with E-state index in [2.05, 4.69) is 10.6 Å². The predicted octanol–water partition coefficient (Wildman–Crippen LogP) is 2.50. The van der Waals surface area contributed by atoms with Gasteiger partial charge in [-0.2, -0.15) is 0 Å². The molecule has 2 heterocycles. The van der Waals surface area contributed by atoms with Gasteiger partial charge in [-0.3, -0.25) is 9.59 Å². The lowest BCUT2D eigenvalue weighted by atomic mass is 10.3. The molecule has 1 aromatic heterocycles. The van der Waals surface area contributed by atoms with E-state index in [1.807, 2.05) is 0 Å². The van der Waals surface area contributed by atoms with E-state index < -0.39 is 9.84 Å². The first-order valence-electron chi connectivity index (χ1n) is 8.45. The van der Waals surface area contributed by atoms with Crippen molar-refractivity contribution in [1.29, 1.82) is 0 Å². The average molecular weight is 409 g/mol. The highest BCUT2D eigenvalue weighted by molar-refractivity contribution is 7.99. The minimum Gasteiger partial charge on any atom is -0.465 e. The van der Waals surface area contributed by atoms with E-state index in [1.165, 1.54) is 23.9 Å². The summed E-state index contributed by atoms with van der Waals surface area (Å²) in [5.74, 6) is 1.20. The van der Waals surface area contributed by atoms with Gasteiger partial charge in [0.15, 0.2) is 9.84 Å². The van der Waals surface area contributed by atoms with Gasteiger partial charge in [0.2, 0.25) is 11.8 Å². The molecule has 0 atom stereocenters. The molecule has 0 radical (unpaired) electrons. The number of rotatable bonds is 6. The fourth-order valence-corrected chi connectivity index (χ4v) is 4.79. The first-order chi connectivity index (χ1) is 12.8. The summed E-state index contributed by atoms with van der Waals surface area (Å²) in [6.07, 6.45) is 0.233. The molecule has 2 N–H and O–H groups in total. The topological polar surface area (TPSA) is 105 Å². The van der Waals surface area contributed by atoms with Crippen LogP contribution in [0.2, 0.25) is 0 Å². The van der Waals surface area contributed by atoms with Gasteiger partial charge in [-0.05, 0) is 37.3 Å². The van der Waals surface area contributed by atoms with Gasteiger partial charge in [-0.25, -0.2) is 8.42 Å². The number of anilines is 1. The van der Waals surface area contributed by atoms with Gasteiger partial charge in [0.05, 0.1) is 22.9 Å². The number of hydrogen-bond donors (Lipinski definition) is 2. The smallest absolute Gasteiger partial charge is 0.225 e. The van der Waals surface area contributed by atoms with Gasteiger partial charge >= 0.3 is 0 Å². The zero-order chi connectivity index (χ0) is 19.4. The number of furan rings is 1. The van der Waals surface area contributed by atoms with Crippen LogP contribution in [0.15, 0.2) is 44.5 Å². The van der Waals surface area contributed by atoms with Crippen LogP contribution >= 0.6 is 11.8 Å². The van der Waals surface area contributed by atoms with Gasteiger partial charge < -0.3 is 15.1 Å². The number of carbonyl (C=O) groups is 2. The normalized spacial score (nSPS) is 14.2. The van der Waals surface area contributed by atoms with Crippen LogP contribution in [0.1, 0.15) is 24.4 Å². The Balaban J connectivity index is 1.61. The number of amides is 2. The number of sulfone groups is 1. The Hall–Kier alpha value is -2.26. The first kappa shape index (κ1) is 19.5. The summed E-state index contributed by atoms with van der Waals surface area (Å²) in [5.41, 5.74) is 0.501. The molecule has 0 spiro atoms. The maximum atomic E-state index is 12.5. The third-order valence-electron chi connectivity index (χ3n) is 4.02. The molecule has 144 valence electrons. The van der Waals surface area contributed by atoms with Crippen molar-refractivity contribution in [1.82, 2.24) is 5.32 Å². The van der Waals surface area contributed by atoms with E-state index in [0.29, 0.717) is 23.6 Å². The lowest BCUT2D eigenvalue weighted by Crippen LogP contribution is -2.25. The van der Waals surface area contributed by atoms with Crippen LogP contribution in [-0.4, -0.2) is 31.7 Å². The lowest BCUT2D eigenvalue weighted by Gasteiger charge is -2.10. The monoisotopic (exact) mass is 408 g/mol. The second-order valence-electron chi connectivity index (χ2n) is 6.16. The number of benzene rings is 1. The summed E-state index contributed by atoms with van der Waals surface area (Å²) < 4.78 is 30.4. The van der Waals surface area contributed by atoms with Crippen molar-refractivity contribution in [2.45, 2.75) is 36.1 Å². The molecule has 1 aromatic carbocycles. The van der Waals surface area contributed by atoms with E-state index >= 15 is 0 Å². The molecule has 9 heteroatoms. The van der Waals surface area contributed by atoms with Crippen LogP contribution in [-0.2, 0) is 26.0 Å². The molecule has 2 aromatic rings. The summed E-state index contributed by atoms with van der Waals surface area (Å²) in [6.45, 7) is 2.02. The standard InChI is InChI=1S/C18H20N2O5S2/c1-12-2-3-13(25-12)11-19-17(21)7-9-27(23,24)14-4-5-16-15(10-14)20-18(22)6-8-26-16/h2-5,10H,6-9,11H2,1H3,(H,19,21)(H,20,22). The van der Waals surface area contributed by atoms with Crippen molar-refractivity contribution < 1.29 is 22.4 Å². The molecule has 0 bridgehead atoms. The number of thioether (sulfide) groups is 1. The van der Waals surface area contributed by atoms with Crippen molar-refractivity contribution in [2.75, 3.05) is 16.8 Å². The van der Waals surface area contributed by atoms with Crippen molar-refractivity contribution in [3.63, 3.8) is 0 Å². The number of nitrogens with one attached hydrogen (secondary N) is 2. The zero-order valence-corrected chi connectivity index (χ0v) is 16.4. The van der Waals surface area contributed by atoms with Crippen LogP contribution in [0.4, 0.5) is 5.69 Å². The van der Waals surface area contributed by atoms with Crippen LogP contribution in [0, 0.1) is 6.92 Å². The molecule has 7 nitrogen and oxygen atoms in total. The quantitative estimate of drug-likeness (QED) is 0.761. The Morgan fingerprint density at radius 1 is 1.30 bits per heavy atom. The first-order valence-corrected chi connectivity index (χ1v) is 11.1. The number of hydrogen-bond acceptors (Lipinski definition) is 6. The van der Waals surface area contributed by atoms with Gasteiger partial charge in [0.25, 0.3) is 0 Å². The molecular formula is C18H20N2O5S2. The van der Waals surface area contributed by atoms with Crippen molar-refractivity contribution in [2.24, 2.45) is 0 Å². The highest BCUT2D eigenvalue weighted by atomic mass is 32.2. The molecule has 1 aliphatic heterocycles. The minimum absolute atomic E-state index is 0.0958. The maximum absolute atomic E-state index is 12.5. The summed E-state index contributed by atoms with van der Waals surface area (Å²) in [7, 11) is -3.64. The Kier molecular flexibility index (Phi) is 5.91. The minimum atomic E-state index is -3.64. The summed E-state index contributed by atoms with van der Waals surface area (Å²) >= 11 is 1.51. The van der Waals surface area contributed by atoms with Crippen LogP contribution in [0.5, 0.6) is 0 Å². The molecule has 0 saturated heterocycles. The molecule has 2 amide bonds. The SMILES string of the molecule is Cc1ccc(CNC(=O)CCS(=O)(=O)c2ccc3c(c2)NC(=O)CCS3)o1. The number of carbonyl (C=O) groups excluding carboxylic acids is 2. The second-order valence-corrected chi connectivity index (χ2v) is 9.41. The average Bonchev–Trinajstić information content (AvgIpc) is 2.94. The number of aryl methyl sites for hydroxylation is 1. The fraction of sp³-hybridized carbons (Fsp3) is 0.333. The van der Waals surface area contributed by atoms with Gasteiger partial charge in [0.1, 0.15) is 11.5 Å². The Morgan fingerprint density at radius 3 is 2.85 bits per heavy atom. The Bertz CT molecular complexity index is 966. The Morgan fingerprint density at radius 2 is 2.11 bits per heavy atom. The van der Waals surface area contributed by atoms with Gasteiger partial charge in [0, 0.05) is 23.5 Å². The molecule has 3 rings (SSSR count). The highest BCUT2D eigenvalue weighted by Gasteiger charge is 2.20. The maximum Gasteiger partial charge on any atom is 0.225 e. The van der Waals surface area contributed by atoms with Gasteiger partial charge in [-0.1, -0.05) is 0 Å². The molecule has 0 aliphatic carbocycles. The van der Waals surface area contributed by atoms with E-state index in [-0.39, 0.29) is 35.4 Å². The summed E-state index contributed by atoms with van der Waals surface area (Å²) in [5, 5.41) is 5.37. The fourth-order valence-electron chi connectivity index (χ4n) is 2.59. The molecule has 27 heavy (non-hydrogen) atoms. The van der Waals surface area contributed by atoms with Crippen molar-refractivity contribution in [3.8, 4) is 0 Å². The third-order valence-corrected chi connectivity index (χ3v) is 6.81. The molecule has 0 unspecified atom stereocenters. The molecule has 0 saturated carbocycles. The zero-order valence-electron chi connectivity index (χ0n) is 14.8. The lowest BCUT2D eigenvalue weighted by molar-refractivity contribution is -0.121.